The summed E-state index contributed by atoms with van der Waals surface area (Å²) in [6, 6.07) is 13.9. The maximum absolute atomic E-state index is 13.1. The molecule has 4 nitrogen and oxygen atoms in total. The second-order valence-electron chi connectivity index (χ2n) is 5.74. The highest BCUT2D eigenvalue weighted by atomic mass is 19.1. The van der Waals surface area contributed by atoms with E-state index in [1.807, 2.05) is 30.3 Å². The van der Waals surface area contributed by atoms with Gasteiger partial charge in [-0.15, -0.1) is 0 Å². The van der Waals surface area contributed by atoms with Crippen LogP contribution in [0.5, 0.6) is 5.75 Å². The maximum atomic E-state index is 13.1. The fraction of sp³-hybridized carbons (Fsp3) is 0.278. The Morgan fingerprint density at radius 1 is 1.22 bits per heavy atom. The van der Waals surface area contributed by atoms with Crippen molar-refractivity contribution < 1.29 is 13.9 Å². The van der Waals surface area contributed by atoms with E-state index in [1.54, 1.807) is 6.07 Å². The van der Waals surface area contributed by atoms with Gasteiger partial charge in [0.25, 0.3) is 0 Å². The van der Waals surface area contributed by atoms with Gasteiger partial charge < -0.3 is 10.5 Å². The molecule has 0 unspecified atom stereocenters. The Bertz CT molecular complexity index is 688. The lowest BCUT2D eigenvalue weighted by molar-refractivity contribution is -0.127. The summed E-state index contributed by atoms with van der Waals surface area (Å²) < 4.78 is 18.8. The van der Waals surface area contributed by atoms with Gasteiger partial charge in [0, 0.05) is 13.1 Å². The number of halogens is 1. The smallest absolute Gasteiger partial charge is 0.234 e. The summed E-state index contributed by atoms with van der Waals surface area (Å²) in [4.78, 5) is 13.3. The van der Waals surface area contributed by atoms with Crippen LogP contribution in [-0.2, 0) is 17.9 Å². The number of rotatable bonds is 6. The van der Waals surface area contributed by atoms with Crippen molar-refractivity contribution in [2.75, 3.05) is 6.54 Å². The first-order valence-corrected chi connectivity index (χ1v) is 7.61. The minimum atomic E-state index is -0.264. The van der Waals surface area contributed by atoms with E-state index in [1.165, 1.54) is 12.1 Å². The standard InChI is InChI=1S/C18H19FN2O2/c19-15-3-1-2-14(10-15)12-23-16-6-4-13(5-7-16)11-21-9-8-17(21)18(20)22/h1-7,10,17H,8-9,11-12H2,(H2,20,22)/t17-/m0/s1. The molecule has 0 radical (unpaired) electrons. The third kappa shape index (κ3) is 3.87. The van der Waals surface area contributed by atoms with Crippen molar-refractivity contribution >= 4 is 5.91 Å². The van der Waals surface area contributed by atoms with Crippen LogP contribution in [0.2, 0.25) is 0 Å². The molecule has 2 aromatic carbocycles. The van der Waals surface area contributed by atoms with Crippen molar-refractivity contribution in [2.24, 2.45) is 5.73 Å². The van der Waals surface area contributed by atoms with E-state index in [9.17, 15) is 9.18 Å². The lowest BCUT2D eigenvalue weighted by Crippen LogP contribution is -2.54. The molecule has 3 rings (SSSR count). The van der Waals surface area contributed by atoms with Crippen molar-refractivity contribution in [1.82, 2.24) is 4.90 Å². The van der Waals surface area contributed by atoms with E-state index < -0.39 is 0 Å². The molecule has 2 N–H and O–H groups in total. The van der Waals surface area contributed by atoms with Gasteiger partial charge in [0.05, 0.1) is 6.04 Å². The van der Waals surface area contributed by atoms with Crippen LogP contribution < -0.4 is 10.5 Å². The van der Waals surface area contributed by atoms with Gasteiger partial charge in [-0.1, -0.05) is 24.3 Å². The van der Waals surface area contributed by atoms with Crippen molar-refractivity contribution in [3.63, 3.8) is 0 Å². The third-order valence-corrected chi connectivity index (χ3v) is 4.06. The Morgan fingerprint density at radius 3 is 2.61 bits per heavy atom. The zero-order valence-electron chi connectivity index (χ0n) is 12.7. The van der Waals surface area contributed by atoms with Crippen LogP contribution in [0.4, 0.5) is 4.39 Å². The first-order chi connectivity index (χ1) is 11.1. The topological polar surface area (TPSA) is 55.6 Å². The Morgan fingerprint density at radius 2 is 2.00 bits per heavy atom. The highest BCUT2D eigenvalue weighted by Crippen LogP contribution is 2.22. The largest absolute Gasteiger partial charge is 0.489 e. The second kappa shape index (κ2) is 6.79. The number of benzene rings is 2. The summed E-state index contributed by atoms with van der Waals surface area (Å²) >= 11 is 0. The molecule has 0 saturated carbocycles. The zero-order chi connectivity index (χ0) is 16.2. The first kappa shape index (κ1) is 15.5. The summed E-state index contributed by atoms with van der Waals surface area (Å²) in [5.74, 6) is 0.208. The number of primary amides is 1. The maximum Gasteiger partial charge on any atom is 0.234 e. The van der Waals surface area contributed by atoms with E-state index in [0.717, 1.165) is 29.8 Å². The van der Waals surface area contributed by atoms with Crippen molar-refractivity contribution in [3.05, 3.63) is 65.5 Å². The highest BCUT2D eigenvalue weighted by Gasteiger charge is 2.32. The molecule has 1 amide bonds. The summed E-state index contributed by atoms with van der Waals surface area (Å²) in [5.41, 5.74) is 7.24. The second-order valence-corrected chi connectivity index (χ2v) is 5.74. The number of nitrogens with two attached hydrogens (primary N) is 1. The Labute approximate surface area is 134 Å². The molecule has 0 aromatic heterocycles. The fourth-order valence-electron chi connectivity index (χ4n) is 2.67. The third-order valence-electron chi connectivity index (χ3n) is 4.06. The normalized spacial score (nSPS) is 17.5. The average molecular weight is 314 g/mol. The number of nitrogens with zero attached hydrogens (tertiary/aromatic N) is 1. The van der Waals surface area contributed by atoms with Crippen LogP contribution in [0.1, 0.15) is 17.5 Å². The average Bonchev–Trinajstić information content (AvgIpc) is 2.50. The van der Waals surface area contributed by atoms with E-state index in [-0.39, 0.29) is 17.8 Å². The predicted octanol–water partition coefficient (Wildman–Crippen LogP) is 2.46. The Kier molecular flexibility index (Phi) is 4.57. The number of hydrogen-bond acceptors (Lipinski definition) is 3. The molecule has 1 heterocycles. The monoisotopic (exact) mass is 314 g/mol. The van der Waals surface area contributed by atoms with E-state index in [2.05, 4.69) is 4.90 Å². The van der Waals surface area contributed by atoms with Crippen LogP contribution in [0, 0.1) is 5.82 Å². The lowest BCUT2D eigenvalue weighted by Gasteiger charge is -2.38. The number of hydrogen-bond donors (Lipinski definition) is 1. The minimum Gasteiger partial charge on any atom is -0.489 e. The van der Waals surface area contributed by atoms with Crippen molar-refractivity contribution in [1.29, 1.82) is 0 Å². The minimum absolute atomic E-state index is 0.140. The molecule has 1 fully saturated rings. The molecule has 1 saturated heterocycles. The summed E-state index contributed by atoms with van der Waals surface area (Å²) in [6.45, 7) is 1.93. The number of amides is 1. The lowest BCUT2D eigenvalue weighted by atomic mass is 10.0. The molecular formula is C18H19FN2O2. The molecule has 0 spiro atoms. The number of ether oxygens (including phenoxy) is 1. The van der Waals surface area contributed by atoms with Crippen LogP contribution in [0.15, 0.2) is 48.5 Å². The molecular weight excluding hydrogens is 295 g/mol. The Hall–Kier alpha value is -2.40. The summed E-state index contributed by atoms with van der Waals surface area (Å²) in [6.07, 6.45) is 0.837. The van der Waals surface area contributed by atoms with Gasteiger partial charge in [0.15, 0.2) is 0 Å². The molecule has 120 valence electrons. The molecule has 1 atom stereocenters. The van der Waals surface area contributed by atoms with Gasteiger partial charge in [-0.05, 0) is 41.8 Å². The number of likely N-dealkylation sites (tertiary alicyclic amines) is 1. The van der Waals surface area contributed by atoms with E-state index in [4.69, 9.17) is 10.5 Å². The van der Waals surface area contributed by atoms with Crippen LogP contribution in [0.3, 0.4) is 0 Å². The first-order valence-electron chi connectivity index (χ1n) is 7.61. The van der Waals surface area contributed by atoms with Gasteiger partial charge >= 0.3 is 0 Å². The van der Waals surface area contributed by atoms with Crippen molar-refractivity contribution in [2.45, 2.75) is 25.6 Å². The van der Waals surface area contributed by atoms with E-state index in [0.29, 0.717) is 13.2 Å². The molecule has 0 bridgehead atoms. The van der Waals surface area contributed by atoms with E-state index >= 15 is 0 Å². The summed E-state index contributed by atoms with van der Waals surface area (Å²) in [7, 11) is 0. The summed E-state index contributed by atoms with van der Waals surface area (Å²) in [5, 5.41) is 0. The number of carbonyl (C=O) groups is 1. The van der Waals surface area contributed by atoms with Crippen LogP contribution >= 0.6 is 0 Å². The molecule has 5 heteroatoms. The zero-order valence-corrected chi connectivity index (χ0v) is 12.7. The van der Waals surface area contributed by atoms with Gasteiger partial charge in [0.1, 0.15) is 18.2 Å². The predicted molar refractivity (Wildman–Crippen MR) is 85.2 cm³/mol. The quantitative estimate of drug-likeness (QED) is 0.891. The molecule has 23 heavy (non-hydrogen) atoms. The van der Waals surface area contributed by atoms with Gasteiger partial charge in [-0.25, -0.2) is 4.39 Å². The Balaban J connectivity index is 1.54. The van der Waals surface area contributed by atoms with Crippen molar-refractivity contribution in [3.8, 4) is 5.75 Å². The molecule has 1 aliphatic rings. The van der Waals surface area contributed by atoms with Gasteiger partial charge in [0.2, 0.25) is 5.91 Å². The van der Waals surface area contributed by atoms with Crippen LogP contribution in [-0.4, -0.2) is 23.4 Å². The highest BCUT2D eigenvalue weighted by molar-refractivity contribution is 5.80. The molecule has 0 aliphatic carbocycles. The number of carbonyl (C=O) groups excluding carboxylic acids is 1. The molecule has 1 aliphatic heterocycles. The SMILES string of the molecule is NC(=O)[C@@H]1CCN1Cc1ccc(OCc2cccc(F)c2)cc1. The fourth-order valence-corrected chi connectivity index (χ4v) is 2.67. The van der Waals surface area contributed by atoms with Gasteiger partial charge in [-0.3, -0.25) is 9.69 Å². The van der Waals surface area contributed by atoms with Gasteiger partial charge in [-0.2, -0.15) is 0 Å². The van der Waals surface area contributed by atoms with Crippen LogP contribution in [0.25, 0.3) is 0 Å². The molecule has 2 aromatic rings.